The molecule has 0 spiro atoms. The minimum Gasteiger partial charge on any atom is -0.504 e. The number of aromatic nitrogens is 6. The fourth-order valence-corrected chi connectivity index (χ4v) is 5.76. The van der Waals surface area contributed by atoms with Gasteiger partial charge < -0.3 is 29.7 Å². The number of fused-ring (bicyclic) bond motifs is 1. The zero-order valence-corrected chi connectivity index (χ0v) is 27.4. The largest absolute Gasteiger partial charge is 0.504 e. The first-order valence-electron chi connectivity index (χ1n) is 14.8. The molecule has 1 atom stereocenters. The van der Waals surface area contributed by atoms with Crippen molar-refractivity contribution in [2.75, 3.05) is 48.8 Å². The van der Waals surface area contributed by atoms with Crippen molar-refractivity contribution >= 4 is 51.9 Å². The molecule has 4 heterocycles. The molecule has 1 saturated heterocycles. The lowest BCUT2D eigenvalue weighted by atomic mass is 10.1. The Bertz CT molecular complexity index is 1970. The van der Waals surface area contributed by atoms with Crippen LogP contribution in [-0.2, 0) is 23.9 Å². The SMILES string of the molecule is CCc1c(N2CCN(C(=O)c3ncnc(C)c3O)CC2C)c(=O)c2nc(N(C)C)nnc2n1CC(=O)Nc1ccc(C(F)(F)F)cc1Cl. The van der Waals surface area contributed by atoms with Gasteiger partial charge in [0.1, 0.15) is 18.6 Å². The van der Waals surface area contributed by atoms with Gasteiger partial charge in [-0.3, -0.25) is 14.4 Å². The van der Waals surface area contributed by atoms with Crippen LogP contribution in [0.1, 0.15) is 41.3 Å². The van der Waals surface area contributed by atoms with Gasteiger partial charge >= 0.3 is 6.18 Å². The molecule has 0 bridgehead atoms. The van der Waals surface area contributed by atoms with Crippen LogP contribution in [0.3, 0.4) is 0 Å². The van der Waals surface area contributed by atoms with E-state index in [0.717, 1.165) is 18.2 Å². The number of carbonyl (C=O) groups is 2. The molecule has 2 N–H and O–H groups in total. The number of nitrogens with one attached hydrogen (secondary N) is 1. The second kappa shape index (κ2) is 13.2. The van der Waals surface area contributed by atoms with Crippen molar-refractivity contribution in [3.8, 4) is 5.75 Å². The summed E-state index contributed by atoms with van der Waals surface area (Å²) in [7, 11) is 3.36. The van der Waals surface area contributed by atoms with E-state index in [0.29, 0.717) is 5.69 Å². The van der Waals surface area contributed by atoms with Gasteiger partial charge in [-0.1, -0.05) is 18.5 Å². The molecule has 4 aromatic rings. The van der Waals surface area contributed by atoms with E-state index in [1.807, 2.05) is 11.8 Å². The van der Waals surface area contributed by atoms with Gasteiger partial charge in [-0.15, -0.1) is 10.2 Å². The molecule has 48 heavy (non-hydrogen) atoms. The van der Waals surface area contributed by atoms with Crippen molar-refractivity contribution in [3.63, 3.8) is 0 Å². The topological polar surface area (TPSA) is 163 Å². The van der Waals surface area contributed by atoms with Crippen LogP contribution >= 0.6 is 11.6 Å². The molecule has 1 aliphatic heterocycles. The molecule has 0 radical (unpaired) electrons. The molecule has 5 rings (SSSR count). The van der Waals surface area contributed by atoms with E-state index in [2.05, 4.69) is 30.5 Å². The lowest BCUT2D eigenvalue weighted by molar-refractivity contribution is -0.137. The zero-order chi connectivity index (χ0) is 35.1. The standard InChI is InChI=1S/C30H32ClF3N10O4/c1-6-20-24(43-10-9-42(12-15(43)2)28(48)23-25(46)16(3)35-14-36-23)26(47)22-27(39-40-29(38-22)41(4)5)44(20)13-21(45)37-19-8-7-17(11-18(19)31)30(32,33)34/h7-8,11,14-15,46H,6,9-10,12-13H2,1-5H3,(H,37,45). The van der Waals surface area contributed by atoms with Crippen LogP contribution in [0.5, 0.6) is 5.75 Å². The maximum atomic E-state index is 14.2. The molecule has 1 fully saturated rings. The van der Waals surface area contributed by atoms with Gasteiger partial charge in [0.05, 0.1) is 22.0 Å². The Morgan fingerprint density at radius 2 is 1.90 bits per heavy atom. The molecule has 1 unspecified atom stereocenters. The first-order valence-corrected chi connectivity index (χ1v) is 15.2. The lowest BCUT2D eigenvalue weighted by Gasteiger charge is -2.41. The van der Waals surface area contributed by atoms with Crippen LogP contribution in [0.2, 0.25) is 5.02 Å². The monoisotopic (exact) mass is 688 g/mol. The molecule has 2 amide bonds. The summed E-state index contributed by atoms with van der Waals surface area (Å²) < 4.78 is 40.9. The highest BCUT2D eigenvalue weighted by molar-refractivity contribution is 6.33. The Kier molecular flexibility index (Phi) is 9.44. The predicted octanol–water partition coefficient (Wildman–Crippen LogP) is 3.28. The number of hydrogen-bond acceptors (Lipinski definition) is 11. The number of halogens is 4. The summed E-state index contributed by atoms with van der Waals surface area (Å²) in [6.07, 6.45) is -3.14. The maximum Gasteiger partial charge on any atom is 0.416 e. The van der Waals surface area contributed by atoms with E-state index in [1.54, 1.807) is 32.8 Å². The molecule has 254 valence electrons. The smallest absolute Gasteiger partial charge is 0.416 e. The Labute approximate surface area is 277 Å². The number of rotatable bonds is 7. The zero-order valence-electron chi connectivity index (χ0n) is 26.6. The van der Waals surface area contributed by atoms with Crippen LogP contribution in [0.15, 0.2) is 29.3 Å². The van der Waals surface area contributed by atoms with Crippen LogP contribution in [-0.4, -0.2) is 91.3 Å². The number of aromatic hydroxyl groups is 1. The number of nitrogens with zero attached hydrogens (tertiary/aromatic N) is 9. The minimum atomic E-state index is -4.61. The van der Waals surface area contributed by atoms with Crippen molar-refractivity contribution in [3.05, 3.63) is 62.4 Å². The molecular weight excluding hydrogens is 657 g/mol. The van der Waals surface area contributed by atoms with Gasteiger partial charge in [0.25, 0.3) is 5.91 Å². The van der Waals surface area contributed by atoms with Gasteiger partial charge in [0.2, 0.25) is 17.3 Å². The first-order chi connectivity index (χ1) is 22.6. The molecule has 0 aliphatic carbocycles. The van der Waals surface area contributed by atoms with Gasteiger partial charge in [0.15, 0.2) is 22.6 Å². The summed E-state index contributed by atoms with van der Waals surface area (Å²) in [5.74, 6) is -1.28. The highest BCUT2D eigenvalue weighted by Crippen LogP contribution is 2.34. The van der Waals surface area contributed by atoms with E-state index >= 15 is 0 Å². The number of amides is 2. The minimum absolute atomic E-state index is 0.0308. The molecule has 1 aromatic carbocycles. The number of piperazine rings is 1. The average Bonchev–Trinajstić information content (AvgIpc) is 3.03. The van der Waals surface area contributed by atoms with Gasteiger partial charge in [-0.05, 0) is 38.5 Å². The normalized spacial score (nSPS) is 15.1. The number of aryl methyl sites for hydroxylation is 1. The van der Waals surface area contributed by atoms with Crippen molar-refractivity contribution in [1.82, 2.24) is 34.6 Å². The van der Waals surface area contributed by atoms with E-state index in [4.69, 9.17) is 11.6 Å². The number of anilines is 3. The molecule has 1 aliphatic rings. The highest BCUT2D eigenvalue weighted by atomic mass is 35.5. The number of carbonyl (C=O) groups excluding carboxylic acids is 2. The summed E-state index contributed by atoms with van der Waals surface area (Å²) in [5, 5.41) is 21.0. The lowest BCUT2D eigenvalue weighted by Crippen LogP contribution is -2.55. The summed E-state index contributed by atoms with van der Waals surface area (Å²) in [4.78, 5) is 58.1. The van der Waals surface area contributed by atoms with Gasteiger partial charge in [-0.25, -0.2) is 15.0 Å². The highest BCUT2D eigenvalue weighted by Gasteiger charge is 2.34. The van der Waals surface area contributed by atoms with Crippen LogP contribution < -0.4 is 20.5 Å². The second-order valence-corrected chi connectivity index (χ2v) is 11.8. The van der Waals surface area contributed by atoms with Crippen molar-refractivity contribution in [1.29, 1.82) is 0 Å². The van der Waals surface area contributed by atoms with Crippen molar-refractivity contribution in [2.45, 2.75) is 46.0 Å². The number of hydrogen-bond donors (Lipinski definition) is 2. The first kappa shape index (κ1) is 34.3. The molecule has 3 aromatic heterocycles. The summed E-state index contributed by atoms with van der Waals surface area (Å²) in [6, 6.07) is 2.19. The van der Waals surface area contributed by atoms with E-state index in [1.165, 1.54) is 15.8 Å². The third-order valence-electron chi connectivity index (χ3n) is 7.96. The summed E-state index contributed by atoms with van der Waals surface area (Å²) in [6.45, 7) is 5.37. The Morgan fingerprint density at radius 1 is 1.17 bits per heavy atom. The molecule has 14 nitrogen and oxygen atoms in total. The average molecular weight is 689 g/mol. The fourth-order valence-electron chi connectivity index (χ4n) is 5.53. The summed E-state index contributed by atoms with van der Waals surface area (Å²) >= 11 is 6.08. The molecule has 0 saturated carbocycles. The molecule has 18 heteroatoms. The number of benzene rings is 1. The number of alkyl halides is 3. The Morgan fingerprint density at radius 3 is 2.52 bits per heavy atom. The quantitative estimate of drug-likeness (QED) is 0.293. The summed E-state index contributed by atoms with van der Waals surface area (Å²) in [5.41, 5.74) is -0.613. The predicted molar refractivity (Wildman–Crippen MR) is 172 cm³/mol. The number of pyridine rings is 1. The third kappa shape index (κ3) is 6.54. The van der Waals surface area contributed by atoms with Gasteiger partial charge in [0, 0.05) is 45.5 Å². The fraction of sp³-hybridized carbons (Fsp3) is 0.400. The van der Waals surface area contributed by atoms with Gasteiger partial charge in [-0.2, -0.15) is 13.2 Å². The van der Waals surface area contributed by atoms with Crippen LogP contribution in [0.25, 0.3) is 11.2 Å². The molecular formula is C30H32ClF3N10O4. The van der Waals surface area contributed by atoms with E-state index in [9.17, 15) is 32.7 Å². The Hall–Kier alpha value is -5.06. The maximum absolute atomic E-state index is 14.2. The van der Waals surface area contributed by atoms with Crippen LogP contribution in [0, 0.1) is 6.92 Å². The third-order valence-corrected chi connectivity index (χ3v) is 8.27. The Balaban J connectivity index is 1.53. The van der Waals surface area contributed by atoms with E-state index in [-0.39, 0.29) is 76.7 Å². The van der Waals surface area contributed by atoms with Crippen molar-refractivity contribution < 1.29 is 27.9 Å². The van der Waals surface area contributed by atoms with E-state index < -0.39 is 41.6 Å². The van der Waals surface area contributed by atoms with Crippen molar-refractivity contribution in [2.24, 2.45) is 0 Å². The second-order valence-electron chi connectivity index (χ2n) is 11.4. The van der Waals surface area contributed by atoms with Crippen LogP contribution in [0.4, 0.5) is 30.5 Å².